The quantitative estimate of drug-likeness (QED) is 0.530. The Morgan fingerprint density at radius 2 is 2.38 bits per heavy atom. The van der Waals surface area contributed by atoms with Crippen LogP contribution in [0.25, 0.3) is 0 Å². The molecule has 1 aromatic rings. The molecule has 0 aliphatic rings. The first kappa shape index (κ1) is 12.8. The number of ether oxygens (including phenoxy) is 1. The topological polar surface area (TPSA) is 71.4 Å². The second-order valence-electron chi connectivity index (χ2n) is 2.85. The second-order valence-corrected chi connectivity index (χ2v) is 3.97. The number of alkyl halides is 1. The van der Waals surface area contributed by atoms with Crippen LogP contribution in [0, 0.1) is 11.3 Å². The van der Waals surface area contributed by atoms with Crippen molar-refractivity contribution in [2.24, 2.45) is 10.7 Å². The fourth-order valence-electron chi connectivity index (χ4n) is 1.07. The fraction of sp³-hybridized carbons (Fsp3) is 0.200. The molecule has 0 atom stereocenters. The number of benzene rings is 1. The van der Waals surface area contributed by atoms with Gasteiger partial charge in [-0.15, -0.1) is 11.6 Å². The van der Waals surface area contributed by atoms with Crippen molar-refractivity contribution in [1.82, 2.24) is 0 Å². The number of rotatable bonds is 3. The van der Waals surface area contributed by atoms with E-state index in [1.54, 1.807) is 12.1 Å². The number of aliphatic imine (C=N–C) groups is 1. The van der Waals surface area contributed by atoms with Gasteiger partial charge in [0, 0.05) is 6.07 Å². The van der Waals surface area contributed by atoms with E-state index in [0.717, 1.165) is 0 Å². The number of halogens is 2. The minimum atomic E-state index is 0.114. The van der Waals surface area contributed by atoms with E-state index < -0.39 is 0 Å². The summed E-state index contributed by atoms with van der Waals surface area (Å²) in [5.74, 6) is 0.950. The molecule has 0 aromatic heterocycles. The van der Waals surface area contributed by atoms with Crippen LogP contribution < -0.4 is 10.5 Å². The maximum atomic E-state index is 8.94. The smallest absolute Gasteiger partial charge is 0.135 e. The maximum Gasteiger partial charge on any atom is 0.135 e. The molecule has 2 N–H and O–H groups in total. The van der Waals surface area contributed by atoms with Gasteiger partial charge in [0.1, 0.15) is 17.7 Å². The molecule has 0 saturated heterocycles. The minimum Gasteiger partial charge on any atom is -0.495 e. The summed E-state index contributed by atoms with van der Waals surface area (Å²) in [5.41, 5.74) is 6.36. The van der Waals surface area contributed by atoms with Crippen LogP contribution in [0.2, 0.25) is 0 Å². The number of nitrogens with two attached hydrogens (primary N) is 1. The summed E-state index contributed by atoms with van der Waals surface area (Å²) < 4.78 is 5.79. The van der Waals surface area contributed by atoms with Gasteiger partial charge in [-0.3, -0.25) is 0 Å². The summed E-state index contributed by atoms with van der Waals surface area (Å²) in [6.45, 7) is 0. The zero-order chi connectivity index (χ0) is 12.1. The molecule has 0 unspecified atom stereocenters. The Morgan fingerprint density at radius 3 is 2.88 bits per heavy atom. The molecule has 0 fully saturated rings. The van der Waals surface area contributed by atoms with E-state index in [1.807, 2.05) is 6.07 Å². The van der Waals surface area contributed by atoms with Crippen molar-refractivity contribution in [3.63, 3.8) is 0 Å². The normalized spacial score (nSPS) is 11.0. The van der Waals surface area contributed by atoms with Gasteiger partial charge in [0.2, 0.25) is 0 Å². The first-order valence-corrected chi connectivity index (χ1v) is 5.61. The maximum absolute atomic E-state index is 8.94. The number of nitriles is 1. The highest BCUT2D eigenvalue weighted by molar-refractivity contribution is 9.10. The minimum absolute atomic E-state index is 0.114. The first-order chi connectivity index (χ1) is 7.62. The highest BCUT2D eigenvalue weighted by Gasteiger charge is 2.08. The molecule has 16 heavy (non-hydrogen) atoms. The lowest BCUT2D eigenvalue weighted by Gasteiger charge is -2.06. The number of hydrogen-bond donors (Lipinski definition) is 1. The van der Waals surface area contributed by atoms with Crippen molar-refractivity contribution < 1.29 is 4.74 Å². The molecule has 0 amide bonds. The fourth-order valence-corrected chi connectivity index (χ4v) is 1.63. The largest absolute Gasteiger partial charge is 0.495 e. The van der Waals surface area contributed by atoms with Crippen LogP contribution >= 0.6 is 27.5 Å². The SMILES string of the molecule is COc1cc(N=C(N)CCl)c(C#N)cc1Br. The van der Waals surface area contributed by atoms with Crippen LogP contribution in [0.3, 0.4) is 0 Å². The number of amidine groups is 1. The predicted octanol–water partition coefficient (Wildman–Crippen LogP) is 2.56. The van der Waals surface area contributed by atoms with Crippen molar-refractivity contribution >= 4 is 39.1 Å². The van der Waals surface area contributed by atoms with Gasteiger partial charge in [-0.05, 0) is 22.0 Å². The van der Waals surface area contributed by atoms with Crippen LogP contribution in [0.15, 0.2) is 21.6 Å². The molecule has 0 aliphatic heterocycles. The van der Waals surface area contributed by atoms with Gasteiger partial charge < -0.3 is 10.5 Å². The summed E-state index contributed by atoms with van der Waals surface area (Å²) >= 11 is 8.81. The lowest BCUT2D eigenvalue weighted by molar-refractivity contribution is 0.412. The van der Waals surface area contributed by atoms with E-state index in [9.17, 15) is 0 Å². The first-order valence-electron chi connectivity index (χ1n) is 4.29. The molecule has 0 bridgehead atoms. The average Bonchev–Trinajstić information content (AvgIpc) is 2.30. The number of methoxy groups -OCH3 is 1. The van der Waals surface area contributed by atoms with Crippen molar-refractivity contribution in [3.8, 4) is 11.8 Å². The molecule has 0 saturated carbocycles. The Bertz CT molecular complexity index is 468. The van der Waals surface area contributed by atoms with Crippen LogP contribution in [-0.4, -0.2) is 18.8 Å². The average molecular weight is 303 g/mol. The summed E-state index contributed by atoms with van der Waals surface area (Å²) in [4.78, 5) is 4.04. The van der Waals surface area contributed by atoms with Crippen LogP contribution in [-0.2, 0) is 0 Å². The molecule has 6 heteroatoms. The van der Waals surface area contributed by atoms with Crippen LogP contribution in [0.1, 0.15) is 5.56 Å². The van der Waals surface area contributed by atoms with Gasteiger partial charge in [0.25, 0.3) is 0 Å². The van der Waals surface area contributed by atoms with Gasteiger partial charge in [0.05, 0.1) is 28.7 Å². The van der Waals surface area contributed by atoms with Crippen LogP contribution in [0.5, 0.6) is 5.75 Å². The van der Waals surface area contributed by atoms with E-state index >= 15 is 0 Å². The Labute approximate surface area is 107 Å². The molecular formula is C10H9BrClN3O. The van der Waals surface area contributed by atoms with Crippen molar-refractivity contribution in [1.29, 1.82) is 5.26 Å². The molecule has 1 aromatic carbocycles. The Morgan fingerprint density at radius 1 is 1.69 bits per heavy atom. The lowest BCUT2D eigenvalue weighted by atomic mass is 10.2. The Hall–Kier alpha value is -1.25. The molecule has 4 nitrogen and oxygen atoms in total. The van der Waals surface area contributed by atoms with Gasteiger partial charge in [-0.1, -0.05) is 0 Å². The van der Waals surface area contributed by atoms with E-state index in [4.69, 9.17) is 27.3 Å². The van der Waals surface area contributed by atoms with Crippen LogP contribution in [0.4, 0.5) is 5.69 Å². The summed E-state index contributed by atoms with van der Waals surface area (Å²) in [7, 11) is 1.53. The van der Waals surface area contributed by atoms with Gasteiger partial charge in [-0.25, -0.2) is 4.99 Å². The number of nitrogens with zero attached hydrogens (tertiary/aromatic N) is 2. The van der Waals surface area contributed by atoms with Crippen molar-refractivity contribution in [2.45, 2.75) is 0 Å². The predicted molar refractivity (Wildman–Crippen MR) is 67.4 cm³/mol. The zero-order valence-corrected chi connectivity index (χ0v) is 10.8. The third kappa shape index (κ3) is 2.87. The highest BCUT2D eigenvalue weighted by atomic mass is 79.9. The molecule has 0 spiro atoms. The van der Waals surface area contributed by atoms with Gasteiger partial charge in [0.15, 0.2) is 0 Å². The molecule has 0 heterocycles. The molecule has 0 radical (unpaired) electrons. The van der Waals surface area contributed by atoms with E-state index in [0.29, 0.717) is 21.5 Å². The monoisotopic (exact) mass is 301 g/mol. The van der Waals surface area contributed by atoms with E-state index in [1.165, 1.54) is 7.11 Å². The summed E-state index contributed by atoms with van der Waals surface area (Å²) in [5, 5.41) is 8.94. The Kier molecular flexibility index (Phi) is 4.59. The molecular weight excluding hydrogens is 293 g/mol. The van der Waals surface area contributed by atoms with E-state index in [2.05, 4.69) is 20.9 Å². The van der Waals surface area contributed by atoms with Crippen molar-refractivity contribution in [3.05, 3.63) is 22.2 Å². The Balaban J connectivity index is 3.32. The third-order valence-corrected chi connectivity index (χ3v) is 2.69. The molecule has 1 rings (SSSR count). The third-order valence-electron chi connectivity index (χ3n) is 1.79. The lowest BCUT2D eigenvalue weighted by Crippen LogP contribution is -2.12. The summed E-state index contributed by atoms with van der Waals surface area (Å²) in [6, 6.07) is 5.28. The zero-order valence-electron chi connectivity index (χ0n) is 8.50. The standard InChI is InChI=1S/C10H9BrClN3O/c1-16-9-3-8(15-10(14)4-12)6(5-13)2-7(9)11/h2-3H,4H2,1H3,(H2,14,15). The van der Waals surface area contributed by atoms with E-state index in [-0.39, 0.29) is 11.7 Å². The second kappa shape index (κ2) is 5.73. The highest BCUT2D eigenvalue weighted by Crippen LogP contribution is 2.32. The van der Waals surface area contributed by atoms with Gasteiger partial charge in [-0.2, -0.15) is 5.26 Å². The van der Waals surface area contributed by atoms with Gasteiger partial charge >= 0.3 is 0 Å². The van der Waals surface area contributed by atoms with Crippen molar-refractivity contribution in [2.75, 3.05) is 13.0 Å². The molecule has 84 valence electrons. The summed E-state index contributed by atoms with van der Waals surface area (Å²) in [6.07, 6.45) is 0. The number of hydrogen-bond acceptors (Lipinski definition) is 3. The molecule has 0 aliphatic carbocycles.